The number of hydrogen-bond acceptors (Lipinski definition) is 17. The van der Waals surface area contributed by atoms with Crippen molar-refractivity contribution in [3.05, 3.63) is 32.2 Å². The van der Waals surface area contributed by atoms with Crippen LogP contribution in [0.5, 0.6) is 0 Å². The minimum absolute atomic E-state index is 0. The molecule has 56 heavy (non-hydrogen) atoms. The number of nitrogens with one attached hydrogen (secondary N) is 4. The van der Waals surface area contributed by atoms with Crippen LogP contribution in [0, 0.1) is 0 Å². The molecule has 3 radical (unpaired) electrons. The number of aliphatic hydroxyl groups excluding tert-OH is 2. The maximum absolute atomic E-state index is 11.9. The molecule has 2 atom stereocenters. The van der Waals surface area contributed by atoms with E-state index in [-0.39, 0.29) is 83.7 Å². The number of nitrogens with zero attached hydrogens (tertiary/aromatic N) is 2. The number of alkyl carbamates (subject to hydrolysis) is 2. The summed E-state index contributed by atoms with van der Waals surface area (Å²) < 4.78 is 19.4. The maximum Gasteiger partial charge on any atom is 1.00 e. The fourth-order valence-electron chi connectivity index (χ4n) is 3.65. The van der Waals surface area contributed by atoms with Gasteiger partial charge in [-0.3, -0.25) is 14.4 Å². The number of thiazole rings is 2. The van der Waals surface area contributed by atoms with Crippen molar-refractivity contribution >= 4 is 73.3 Å². The van der Waals surface area contributed by atoms with Crippen molar-refractivity contribution in [3.63, 3.8) is 0 Å². The SMILES string of the molecule is CO.COC(=O)[C@H](CNC(=O)CCc1ncc(C=O)s1)NC(=O)OC(C)(C)C.COC(=O)[C@H](CNC(=O)CCc1ncc(CO)s1)NC(=O)OC(C)(C)C.[B].[H-].[Na+]. The van der Waals surface area contributed by atoms with Crippen LogP contribution in [0.1, 0.15) is 80.4 Å². The molecular formula is C33H53BN6NaO13S2. The van der Waals surface area contributed by atoms with Gasteiger partial charge < -0.3 is 51.9 Å². The minimum Gasteiger partial charge on any atom is -1.00 e. The second kappa shape index (κ2) is 29.6. The van der Waals surface area contributed by atoms with Crippen LogP contribution in [0.25, 0.3) is 0 Å². The van der Waals surface area contributed by atoms with E-state index in [4.69, 9.17) is 19.7 Å². The van der Waals surface area contributed by atoms with Crippen LogP contribution in [0.4, 0.5) is 9.59 Å². The van der Waals surface area contributed by atoms with Gasteiger partial charge in [0.05, 0.1) is 40.6 Å². The van der Waals surface area contributed by atoms with Gasteiger partial charge in [-0.05, 0) is 41.5 Å². The summed E-state index contributed by atoms with van der Waals surface area (Å²) >= 11 is 2.55. The van der Waals surface area contributed by atoms with Gasteiger partial charge in [-0.1, -0.05) is 0 Å². The second-order valence-corrected chi connectivity index (χ2v) is 15.1. The van der Waals surface area contributed by atoms with E-state index in [0.29, 0.717) is 29.0 Å². The number of carbonyl (C=O) groups is 7. The van der Waals surface area contributed by atoms with E-state index in [9.17, 15) is 33.6 Å². The molecule has 0 aromatic carbocycles. The van der Waals surface area contributed by atoms with Crippen molar-refractivity contribution in [1.29, 1.82) is 0 Å². The Morgan fingerprint density at radius 3 is 1.48 bits per heavy atom. The van der Waals surface area contributed by atoms with Gasteiger partial charge in [0.2, 0.25) is 11.8 Å². The van der Waals surface area contributed by atoms with Crippen LogP contribution in [-0.4, -0.2) is 129 Å². The molecule has 2 rings (SSSR count). The molecule has 0 unspecified atom stereocenters. The number of amides is 4. The monoisotopic (exact) mass is 839 g/mol. The third-order valence-corrected chi connectivity index (χ3v) is 7.96. The van der Waals surface area contributed by atoms with E-state index in [1.807, 2.05) is 0 Å². The zero-order valence-corrected chi connectivity index (χ0v) is 37.1. The Kier molecular flexibility index (Phi) is 29.9. The number of rotatable bonds is 16. The summed E-state index contributed by atoms with van der Waals surface area (Å²) in [5.41, 5.74) is -1.43. The third-order valence-electron chi connectivity index (χ3n) is 5.94. The summed E-state index contributed by atoms with van der Waals surface area (Å²) in [5, 5.41) is 27.3. The van der Waals surface area contributed by atoms with Crippen molar-refractivity contribution < 1.29 is 93.7 Å². The van der Waals surface area contributed by atoms with Crippen molar-refractivity contribution in [2.45, 2.75) is 97.1 Å². The van der Waals surface area contributed by atoms with Crippen molar-refractivity contribution in [2.24, 2.45) is 0 Å². The third kappa shape index (κ3) is 26.2. The summed E-state index contributed by atoms with van der Waals surface area (Å²) in [6.07, 6.45) is 3.23. The Hall–Kier alpha value is -3.67. The number of esters is 2. The zero-order valence-electron chi connectivity index (χ0n) is 34.5. The molecule has 0 aliphatic heterocycles. The number of aldehydes is 1. The number of aromatic nitrogens is 2. The van der Waals surface area contributed by atoms with E-state index >= 15 is 0 Å². The van der Waals surface area contributed by atoms with Crippen molar-refractivity contribution in [3.8, 4) is 0 Å². The fraction of sp³-hybridized carbons (Fsp3) is 0.606. The first kappa shape index (κ1) is 56.7. The summed E-state index contributed by atoms with van der Waals surface area (Å²) in [5.74, 6) is -2.02. The molecule has 0 saturated carbocycles. The quantitative estimate of drug-likeness (QED) is 0.0470. The van der Waals surface area contributed by atoms with Crippen LogP contribution < -0.4 is 50.8 Å². The second-order valence-electron chi connectivity index (χ2n) is 12.7. The predicted octanol–water partition coefficient (Wildman–Crippen LogP) is -1.83. The molecule has 2 heterocycles. The molecule has 23 heteroatoms. The van der Waals surface area contributed by atoms with Crippen LogP contribution in [0.15, 0.2) is 12.4 Å². The first-order chi connectivity index (χ1) is 25.3. The molecule has 0 spiro atoms. The summed E-state index contributed by atoms with van der Waals surface area (Å²) in [6.45, 7) is 9.82. The Balaban J connectivity index is -0.000000449. The summed E-state index contributed by atoms with van der Waals surface area (Å²) in [6, 6.07) is -2.13. The molecule has 0 saturated heterocycles. The largest absolute Gasteiger partial charge is 1.00 e. The van der Waals surface area contributed by atoms with E-state index in [1.54, 1.807) is 47.7 Å². The summed E-state index contributed by atoms with van der Waals surface area (Å²) in [4.78, 5) is 90.9. The maximum atomic E-state index is 11.9. The Bertz CT molecular complexity index is 1520. The first-order valence-corrected chi connectivity index (χ1v) is 18.0. The molecular weight excluding hydrogens is 786 g/mol. The smallest absolute Gasteiger partial charge is 1.00 e. The molecule has 0 bridgehead atoms. The molecule has 0 fully saturated rings. The van der Waals surface area contributed by atoms with Gasteiger partial charge in [0.15, 0.2) is 6.29 Å². The summed E-state index contributed by atoms with van der Waals surface area (Å²) in [7, 11) is 3.37. The standard InChI is InChI=1S/C16H25N3O6S.C16H23N3O6S.CH4O.B.Na.H/c2*1-16(2,3)25-15(23)19-11(14(22)24-4)8-17-12(21)5-6-13-18-7-10(9-20)26-13;1-2;;;/h7,11,20H,5-6,8-9H2,1-4H3,(H,17,21)(H,19,23);7,9,11H,5-6,8H2,1-4H3,(H,17,21)(H,19,23);2H,1H3;;;/q;;;;+1;-1/t2*11-;;;;/m00..../s1. The Labute approximate surface area is 360 Å². The average molecular weight is 840 g/mol. The molecule has 0 aliphatic rings. The van der Waals surface area contributed by atoms with Crippen LogP contribution in [-0.2, 0) is 57.6 Å². The van der Waals surface area contributed by atoms with Gasteiger partial charge in [-0.15, -0.1) is 22.7 Å². The van der Waals surface area contributed by atoms with Gasteiger partial charge in [0.25, 0.3) is 0 Å². The molecule has 2 aromatic heterocycles. The first-order valence-electron chi connectivity index (χ1n) is 16.4. The van der Waals surface area contributed by atoms with E-state index in [0.717, 1.165) is 17.0 Å². The minimum atomic E-state index is -1.07. The predicted molar refractivity (Wildman–Crippen MR) is 204 cm³/mol. The number of carbonyl (C=O) groups excluding carboxylic acids is 7. The van der Waals surface area contributed by atoms with Gasteiger partial charge in [-0.25, -0.2) is 29.1 Å². The fourth-order valence-corrected chi connectivity index (χ4v) is 5.17. The van der Waals surface area contributed by atoms with E-state index in [1.165, 1.54) is 43.1 Å². The number of ether oxygens (including phenoxy) is 4. The molecule has 4 amide bonds. The number of methoxy groups -OCH3 is 2. The Morgan fingerprint density at radius 1 is 0.768 bits per heavy atom. The van der Waals surface area contributed by atoms with E-state index < -0.39 is 47.4 Å². The van der Waals surface area contributed by atoms with Crippen molar-refractivity contribution in [2.75, 3.05) is 34.4 Å². The molecule has 2 aromatic rings. The van der Waals surface area contributed by atoms with Gasteiger partial charge in [0.1, 0.15) is 23.3 Å². The molecule has 309 valence electrons. The van der Waals surface area contributed by atoms with Gasteiger partial charge >= 0.3 is 53.7 Å². The number of aliphatic hydroxyl groups is 2. The number of hydrogen-bond donors (Lipinski definition) is 6. The number of aryl methyl sites for hydroxylation is 2. The van der Waals surface area contributed by atoms with Crippen LogP contribution in [0.3, 0.4) is 0 Å². The normalized spacial score (nSPS) is 11.3. The average Bonchev–Trinajstić information content (AvgIpc) is 3.78. The van der Waals surface area contributed by atoms with Crippen LogP contribution >= 0.6 is 22.7 Å². The topological polar surface area (TPSA) is 271 Å². The molecule has 0 aliphatic carbocycles. The molecule has 19 nitrogen and oxygen atoms in total. The zero-order chi connectivity index (χ0) is 41.5. The van der Waals surface area contributed by atoms with E-state index in [2.05, 4.69) is 40.7 Å². The van der Waals surface area contributed by atoms with Crippen molar-refractivity contribution in [1.82, 2.24) is 31.2 Å². The van der Waals surface area contributed by atoms with Gasteiger partial charge in [-0.2, -0.15) is 0 Å². The molecule has 6 N–H and O–H groups in total. The Morgan fingerprint density at radius 2 is 1.16 bits per heavy atom. The van der Waals surface area contributed by atoms with Crippen LogP contribution in [0.2, 0.25) is 0 Å². The van der Waals surface area contributed by atoms with Gasteiger partial charge in [0, 0.05) is 66.7 Å².